The van der Waals surface area contributed by atoms with Gasteiger partial charge in [-0.25, -0.2) is 8.42 Å². The highest BCUT2D eigenvalue weighted by atomic mass is 79.9. The van der Waals surface area contributed by atoms with Crippen LogP contribution in [-0.2, 0) is 21.2 Å². The lowest BCUT2D eigenvalue weighted by atomic mass is 10.1. The summed E-state index contributed by atoms with van der Waals surface area (Å²) in [6.45, 7) is 3.34. The zero-order valence-electron chi connectivity index (χ0n) is 13.6. The molecule has 2 aromatic carbocycles. The molecule has 0 saturated heterocycles. The maximum atomic E-state index is 13.0. The minimum atomic E-state index is -3.88. The van der Waals surface area contributed by atoms with E-state index in [1.54, 1.807) is 24.3 Å². The van der Waals surface area contributed by atoms with E-state index in [2.05, 4.69) is 20.7 Å². The Morgan fingerprint density at radius 3 is 2.52 bits per heavy atom. The normalized spacial score (nSPS) is 16.6. The molecular weight excluding hydrogens is 428 g/mol. The van der Waals surface area contributed by atoms with Gasteiger partial charge in [-0.15, -0.1) is 0 Å². The maximum absolute atomic E-state index is 13.0. The van der Waals surface area contributed by atoms with Crippen LogP contribution >= 0.6 is 27.5 Å². The molecule has 1 atom stereocenters. The van der Waals surface area contributed by atoms with Crippen LogP contribution in [0, 0.1) is 0 Å². The summed E-state index contributed by atoms with van der Waals surface area (Å²) in [6, 6.07) is 9.67. The first kappa shape index (κ1) is 18.2. The first-order chi connectivity index (χ1) is 11.7. The van der Waals surface area contributed by atoms with Crippen molar-refractivity contribution >= 4 is 54.8 Å². The zero-order valence-corrected chi connectivity index (χ0v) is 16.7. The maximum Gasteiger partial charge on any atom is 0.264 e. The van der Waals surface area contributed by atoms with Crippen LogP contribution in [0.15, 0.2) is 45.8 Å². The van der Waals surface area contributed by atoms with Crippen LogP contribution in [0.25, 0.3) is 0 Å². The van der Waals surface area contributed by atoms with Gasteiger partial charge in [0.05, 0.1) is 5.69 Å². The fraction of sp³-hybridized carbons (Fsp3) is 0.235. The molecule has 8 heteroatoms. The molecule has 0 fully saturated rings. The Bertz CT molecular complexity index is 945. The Morgan fingerprint density at radius 1 is 1.28 bits per heavy atom. The van der Waals surface area contributed by atoms with Crippen LogP contribution in [0.2, 0.25) is 5.02 Å². The second-order valence-electron chi connectivity index (χ2n) is 5.97. The van der Waals surface area contributed by atoms with E-state index in [9.17, 15) is 13.2 Å². The van der Waals surface area contributed by atoms with Crippen LogP contribution in [0.5, 0.6) is 0 Å². The highest BCUT2D eigenvalue weighted by Gasteiger charge is 2.35. The molecule has 0 aromatic heterocycles. The van der Waals surface area contributed by atoms with E-state index >= 15 is 0 Å². The van der Waals surface area contributed by atoms with Gasteiger partial charge in [0.15, 0.2) is 0 Å². The van der Waals surface area contributed by atoms with E-state index in [4.69, 9.17) is 11.6 Å². The van der Waals surface area contributed by atoms with Gasteiger partial charge >= 0.3 is 0 Å². The number of anilines is 2. The molecule has 1 N–H and O–H groups in total. The summed E-state index contributed by atoms with van der Waals surface area (Å²) in [5.74, 6) is -0.184. The summed E-state index contributed by atoms with van der Waals surface area (Å²) >= 11 is 9.21. The van der Waals surface area contributed by atoms with Crippen molar-refractivity contribution in [3.8, 4) is 0 Å². The minimum absolute atomic E-state index is 0.0753. The molecule has 0 radical (unpaired) electrons. The number of hydrogen-bond donors (Lipinski definition) is 1. The molecule has 25 heavy (non-hydrogen) atoms. The highest BCUT2D eigenvalue weighted by Crippen LogP contribution is 2.40. The molecule has 1 aliphatic rings. The Labute approximate surface area is 160 Å². The molecule has 1 amide bonds. The number of sulfonamides is 1. The highest BCUT2D eigenvalue weighted by molar-refractivity contribution is 9.10. The van der Waals surface area contributed by atoms with Crippen molar-refractivity contribution in [1.82, 2.24) is 0 Å². The Kier molecular flexibility index (Phi) is 4.83. The first-order valence-electron chi connectivity index (χ1n) is 7.59. The lowest BCUT2D eigenvalue weighted by Crippen LogP contribution is -2.34. The third-order valence-electron chi connectivity index (χ3n) is 4.04. The van der Waals surface area contributed by atoms with Gasteiger partial charge in [0.1, 0.15) is 4.90 Å². The van der Waals surface area contributed by atoms with Crippen molar-refractivity contribution in [1.29, 1.82) is 0 Å². The zero-order chi connectivity index (χ0) is 18.4. The largest absolute Gasteiger partial charge is 0.308 e. The van der Waals surface area contributed by atoms with Crippen LogP contribution < -0.4 is 9.62 Å². The molecule has 0 aliphatic carbocycles. The van der Waals surface area contributed by atoms with Crippen LogP contribution in [0.1, 0.15) is 19.4 Å². The number of amides is 1. The fourth-order valence-corrected chi connectivity index (χ4v) is 5.19. The van der Waals surface area contributed by atoms with Crippen molar-refractivity contribution in [3.05, 3.63) is 51.5 Å². The standard InChI is InChI=1S/C17H16BrClN2O3S/c1-10-7-12-8-13(18)9-16(17(12)21(10)11(2)22)25(23,24)20-15-5-3-14(19)4-6-15/h3-6,8-10,20H,7H2,1-2H3. The monoisotopic (exact) mass is 442 g/mol. The number of hydrogen-bond acceptors (Lipinski definition) is 3. The topological polar surface area (TPSA) is 66.5 Å². The van der Waals surface area contributed by atoms with E-state index in [1.165, 1.54) is 17.9 Å². The van der Waals surface area contributed by atoms with Crippen molar-refractivity contribution in [2.24, 2.45) is 0 Å². The third kappa shape index (κ3) is 3.54. The van der Waals surface area contributed by atoms with Gasteiger partial charge in [-0.05, 0) is 55.3 Å². The molecule has 132 valence electrons. The van der Waals surface area contributed by atoms with Crippen LogP contribution in [0.3, 0.4) is 0 Å². The number of nitrogens with zero attached hydrogens (tertiary/aromatic N) is 1. The lowest BCUT2D eigenvalue weighted by Gasteiger charge is -2.23. The van der Waals surface area contributed by atoms with Gasteiger partial charge in [0, 0.05) is 28.1 Å². The number of carbonyl (C=O) groups excluding carboxylic acids is 1. The molecule has 0 spiro atoms. The average molecular weight is 444 g/mol. The van der Waals surface area contributed by atoms with Gasteiger partial charge in [-0.1, -0.05) is 27.5 Å². The number of fused-ring (bicyclic) bond motifs is 1. The summed E-state index contributed by atoms with van der Waals surface area (Å²) in [5.41, 5.74) is 1.68. The van der Waals surface area contributed by atoms with Crippen LogP contribution in [-0.4, -0.2) is 20.4 Å². The van der Waals surface area contributed by atoms with Gasteiger partial charge in [0.25, 0.3) is 10.0 Å². The quantitative estimate of drug-likeness (QED) is 0.773. The van der Waals surface area contributed by atoms with Gasteiger partial charge in [-0.3, -0.25) is 9.52 Å². The summed E-state index contributed by atoms with van der Waals surface area (Å²) < 4.78 is 29.1. The summed E-state index contributed by atoms with van der Waals surface area (Å²) in [4.78, 5) is 13.7. The lowest BCUT2D eigenvalue weighted by molar-refractivity contribution is -0.116. The van der Waals surface area contributed by atoms with E-state index in [1.807, 2.05) is 13.0 Å². The number of carbonyl (C=O) groups is 1. The van der Waals surface area contributed by atoms with Crippen molar-refractivity contribution in [3.63, 3.8) is 0 Å². The first-order valence-corrected chi connectivity index (χ1v) is 10.2. The minimum Gasteiger partial charge on any atom is -0.308 e. The Balaban J connectivity index is 2.11. The number of halogens is 2. The van der Waals surface area contributed by atoms with Gasteiger partial charge < -0.3 is 4.90 Å². The SMILES string of the molecule is CC(=O)N1c2c(cc(Br)cc2S(=O)(=O)Nc2ccc(Cl)cc2)CC1C. The van der Waals surface area contributed by atoms with Crippen LogP contribution in [0.4, 0.5) is 11.4 Å². The number of rotatable bonds is 3. The number of nitrogens with one attached hydrogen (secondary N) is 1. The van der Waals surface area contributed by atoms with Gasteiger partial charge in [0.2, 0.25) is 5.91 Å². The average Bonchev–Trinajstić information content (AvgIpc) is 2.84. The van der Waals surface area contributed by atoms with Crippen molar-refractivity contribution in [2.75, 3.05) is 9.62 Å². The van der Waals surface area contributed by atoms with Gasteiger partial charge in [-0.2, -0.15) is 0 Å². The predicted molar refractivity (Wildman–Crippen MR) is 103 cm³/mol. The molecule has 3 rings (SSSR count). The summed E-state index contributed by atoms with van der Waals surface area (Å²) in [5, 5.41) is 0.517. The Hall–Kier alpha value is -1.57. The smallest absolute Gasteiger partial charge is 0.264 e. The molecule has 0 saturated carbocycles. The molecule has 1 aliphatic heterocycles. The van der Waals surface area contributed by atoms with E-state index in [0.29, 0.717) is 27.3 Å². The Morgan fingerprint density at radius 2 is 1.92 bits per heavy atom. The third-order valence-corrected chi connectivity index (χ3v) is 6.15. The number of benzene rings is 2. The fourth-order valence-electron chi connectivity index (χ4n) is 3.09. The summed E-state index contributed by atoms with van der Waals surface area (Å²) in [7, 11) is -3.88. The van der Waals surface area contributed by atoms with E-state index in [-0.39, 0.29) is 16.8 Å². The molecular formula is C17H16BrClN2O3S. The predicted octanol–water partition coefficient (Wildman–Crippen LogP) is 4.20. The van der Waals surface area contributed by atoms with E-state index < -0.39 is 10.0 Å². The van der Waals surface area contributed by atoms with Crippen molar-refractivity contribution < 1.29 is 13.2 Å². The molecule has 0 bridgehead atoms. The van der Waals surface area contributed by atoms with Crippen molar-refractivity contribution in [2.45, 2.75) is 31.2 Å². The second kappa shape index (κ2) is 6.63. The van der Waals surface area contributed by atoms with E-state index in [0.717, 1.165) is 5.56 Å². The second-order valence-corrected chi connectivity index (χ2v) is 8.97. The molecule has 2 aromatic rings. The summed E-state index contributed by atoms with van der Waals surface area (Å²) in [6.07, 6.45) is 0.609. The molecule has 1 unspecified atom stereocenters. The molecule has 5 nitrogen and oxygen atoms in total. The molecule has 1 heterocycles.